The van der Waals surface area contributed by atoms with E-state index >= 15 is 0 Å². The molecule has 0 aliphatic carbocycles. The van der Waals surface area contributed by atoms with Crippen LogP contribution >= 0.6 is 0 Å². The monoisotopic (exact) mass is 269 g/mol. The number of nitrogens with one attached hydrogen (secondary N) is 1. The Morgan fingerprint density at radius 2 is 2.22 bits per heavy atom. The van der Waals surface area contributed by atoms with Crippen molar-refractivity contribution in [2.45, 2.75) is 11.8 Å². The van der Waals surface area contributed by atoms with Gasteiger partial charge in [-0.2, -0.15) is 5.26 Å². The Labute approximate surface area is 106 Å². The Balaban J connectivity index is 2.89. The summed E-state index contributed by atoms with van der Waals surface area (Å²) < 4.78 is 31.2. The predicted octanol–water partition coefficient (Wildman–Crippen LogP) is 0.455. The number of sulfonamides is 1. The molecule has 0 spiro atoms. The zero-order valence-electron chi connectivity index (χ0n) is 10.0. The molecule has 0 aliphatic rings. The van der Waals surface area contributed by atoms with Crippen LogP contribution in [0.2, 0.25) is 0 Å². The van der Waals surface area contributed by atoms with Gasteiger partial charge in [0.2, 0.25) is 10.0 Å². The molecule has 7 heteroatoms. The van der Waals surface area contributed by atoms with Gasteiger partial charge in [-0.15, -0.1) is 0 Å². The second kappa shape index (κ2) is 6.35. The highest BCUT2D eigenvalue weighted by Crippen LogP contribution is 2.17. The first-order valence-corrected chi connectivity index (χ1v) is 6.86. The van der Waals surface area contributed by atoms with Gasteiger partial charge in [-0.3, -0.25) is 0 Å². The molecule has 18 heavy (non-hydrogen) atoms. The molecule has 0 aromatic heterocycles. The van der Waals surface area contributed by atoms with Gasteiger partial charge >= 0.3 is 0 Å². The van der Waals surface area contributed by atoms with Crippen LogP contribution in [-0.2, 0) is 14.8 Å². The van der Waals surface area contributed by atoms with Crippen molar-refractivity contribution in [3.05, 3.63) is 23.8 Å². The fourth-order valence-corrected chi connectivity index (χ4v) is 2.49. The average Bonchev–Trinajstić information content (AvgIpc) is 2.34. The number of nitrogens with two attached hydrogens (primary N) is 1. The lowest BCUT2D eigenvalue weighted by Gasteiger charge is -2.08. The second-order valence-corrected chi connectivity index (χ2v) is 5.20. The van der Waals surface area contributed by atoms with Gasteiger partial charge in [0.1, 0.15) is 6.07 Å². The van der Waals surface area contributed by atoms with E-state index in [1.807, 2.05) is 13.0 Å². The minimum atomic E-state index is -3.71. The van der Waals surface area contributed by atoms with E-state index in [9.17, 15) is 8.42 Å². The van der Waals surface area contributed by atoms with Crippen molar-refractivity contribution in [2.24, 2.45) is 0 Å². The van der Waals surface area contributed by atoms with E-state index in [1.54, 1.807) is 0 Å². The lowest BCUT2D eigenvalue weighted by atomic mass is 10.2. The Bertz CT molecular complexity index is 549. The Hall–Kier alpha value is -1.62. The highest BCUT2D eigenvalue weighted by atomic mass is 32.2. The summed E-state index contributed by atoms with van der Waals surface area (Å²) in [6.45, 7) is 2.79. The zero-order valence-corrected chi connectivity index (χ0v) is 10.8. The molecule has 0 amide bonds. The SMILES string of the molecule is CCOCCNS(=O)(=O)c1ccc(N)cc1C#N. The number of hydrogen-bond acceptors (Lipinski definition) is 5. The Morgan fingerprint density at radius 3 is 2.83 bits per heavy atom. The van der Waals surface area contributed by atoms with Crippen LogP contribution in [0, 0.1) is 11.3 Å². The first-order valence-electron chi connectivity index (χ1n) is 5.38. The van der Waals surface area contributed by atoms with Gasteiger partial charge in [0, 0.05) is 18.8 Å². The molecule has 1 rings (SSSR count). The first-order chi connectivity index (χ1) is 8.51. The van der Waals surface area contributed by atoms with Gasteiger partial charge in [-0.05, 0) is 25.1 Å². The number of anilines is 1. The summed E-state index contributed by atoms with van der Waals surface area (Å²) in [6.07, 6.45) is 0. The summed E-state index contributed by atoms with van der Waals surface area (Å²) >= 11 is 0. The van der Waals surface area contributed by atoms with Crippen LogP contribution in [0.25, 0.3) is 0 Å². The standard InChI is InChI=1S/C11H15N3O3S/c1-2-17-6-5-14-18(15,16)11-4-3-10(13)7-9(11)8-12/h3-4,7,14H,2,5-6,13H2,1H3. The average molecular weight is 269 g/mol. The molecule has 0 bridgehead atoms. The number of nitriles is 1. The molecule has 0 saturated heterocycles. The molecule has 1 aromatic rings. The summed E-state index contributed by atoms with van der Waals surface area (Å²) in [5, 5.41) is 8.89. The summed E-state index contributed by atoms with van der Waals surface area (Å²) in [7, 11) is -3.71. The smallest absolute Gasteiger partial charge is 0.241 e. The van der Waals surface area contributed by atoms with Gasteiger partial charge in [-0.1, -0.05) is 0 Å². The number of nitrogen functional groups attached to an aromatic ring is 1. The van der Waals surface area contributed by atoms with Crippen LogP contribution in [0.1, 0.15) is 12.5 Å². The third-order valence-electron chi connectivity index (χ3n) is 2.16. The van der Waals surface area contributed by atoms with Crippen LogP contribution in [0.15, 0.2) is 23.1 Å². The second-order valence-electron chi connectivity index (χ2n) is 3.46. The maximum atomic E-state index is 11.9. The fourth-order valence-electron chi connectivity index (χ4n) is 1.34. The molecule has 0 heterocycles. The van der Waals surface area contributed by atoms with Gasteiger partial charge in [-0.25, -0.2) is 13.1 Å². The number of benzene rings is 1. The van der Waals surface area contributed by atoms with Crippen LogP contribution in [-0.4, -0.2) is 28.2 Å². The quantitative estimate of drug-likeness (QED) is 0.576. The molecule has 0 atom stereocenters. The zero-order chi connectivity index (χ0) is 13.6. The summed E-state index contributed by atoms with van der Waals surface area (Å²) in [6, 6.07) is 5.90. The van der Waals surface area contributed by atoms with Gasteiger partial charge in [0.05, 0.1) is 17.1 Å². The van der Waals surface area contributed by atoms with E-state index in [0.717, 1.165) is 0 Å². The topological polar surface area (TPSA) is 105 Å². The number of hydrogen-bond donors (Lipinski definition) is 2. The number of rotatable bonds is 6. The van der Waals surface area contributed by atoms with E-state index in [4.69, 9.17) is 15.7 Å². The van der Waals surface area contributed by atoms with Crippen molar-refractivity contribution < 1.29 is 13.2 Å². The van der Waals surface area contributed by atoms with Crippen LogP contribution < -0.4 is 10.5 Å². The maximum absolute atomic E-state index is 11.9. The van der Waals surface area contributed by atoms with Gasteiger partial charge in [0.15, 0.2) is 0 Å². The maximum Gasteiger partial charge on any atom is 0.241 e. The lowest BCUT2D eigenvalue weighted by molar-refractivity contribution is 0.153. The minimum Gasteiger partial charge on any atom is -0.399 e. The summed E-state index contributed by atoms with van der Waals surface area (Å²) in [4.78, 5) is -0.0734. The van der Waals surface area contributed by atoms with Gasteiger partial charge < -0.3 is 10.5 Å². The van der Waals surface area contributed by atoms with Gasteiger partial charge in [0.25, 0.3) is 0 Å². The van der Waals surface area contributed by atoms with Crippen molar-refractivity contribution in [3.8, 4) is 6.07 Å². The van der Waals surface area contributed by atoms with Crippen molar-refractivity contribution in [1.82, 2.24) is 4.72 Å². The van der Waals surface area contributed by atoms with Crippen molar-refractivity contribution in [1.29, 1.82) is 5.26 Å². The van der Waals surface area contributed by atoms with E-state index in [-0.39, 0.29) is 23.6 Å². The molecular weight excluding hydrogens is 254 g/mol. The summed E-state index contributed by atoms with van der Waals surface area (Å²) in [5.74, 6) is 0. The molecule has 0 aliphatic heterocycles. The largest absolute Gasteiger partial charge is 0.399 e. The molecular formula is C11H15N3O3S. The minimum absolute atomic E-state index is 0.0268. The Morgan fingerprint density at radius 1 is 1.50 bits per heavy atom. The lowest BCUT2D eigenvalue weighted by Crippen LogP contribution is -2.28. The molecule has 6 nitrogen and oxygen atoms in total. The number of nitrogens with zero attached hydrogens (tertiary/aromatic N) is 1. The molecule has 0 saturated carbocycles. The van der Waals surface area contributed by atoms with E-state index in [1.165, 1.54) is 18.2 Å². The molecule has 98 valence electrons. The van der Waals surface area contributed by atoms with Crippen LogP contribution in [0.4, 0.5) is 5.69 Å². The van der Waals surface area contributed by atoms with Crippen LogP contribution in [0.5, 0.6) is 0 Å². The number of ether oxygens (including phenoxy) is 1. The third-order valence-corrected chi connectivity index (χ3v) is 3.68. The molecule has 3 N–H and O–H groups in total. The van der Waals surface area contributed by atoms with E-state index < -0.39 is 10.0 Å². The van der Waals surface area contributed by atoms with E-state index in [0.29, 0.717) is 12.3 Å². The highest BCUT2D eigenvalue weighted by molar-refractivity contribution is 7.89. The molecule has 0 fully saturated rings. The Kier molecular flexibility index (Phi) is 5.09. The van der Waals surface area contributed by atoms with Crippen LogP contribution in [0.3, 0.4) is 0 Å². The van der Waals surface area contributed by atoms with Crippen molar-refractivity contribution >= 4 is 15.7 Å². The molecule has 0 unspecified atom stereocenters. The summed E-state index contributed by atoms with van der Waals surface area (Å²) in [5.41, 5.74) is 5.87. The fraction of sp³-hybridized carbons (Fsp3) is 0.364. The normalized spacial score (nSPS) is 11.1. The predicted molar refractivity (Wildman–Crippen MR) is 67.3 cm³/mol. The first kappa shape index (κ1) is 14.4. The van der Waals surface area contributed by atoms with Crippen molar-refractivity contribution in [3.63, 3.8) is 0 Å². The third kappa shape index (κ3) is 3.70. The molecule has 0 radical (unpaired) electrons. The van der Waals surface area contributed by atoms with Crippen molar-refractivity contribution in [2.75, 3.05) is 25.5 Å². The highest BCUT2D eigenvalue weighted by Gasteiger charge is 2.18. The molecule has 1 aromatic carbocycles. The van der Waals surface area contributed by atoms with E-state index in [2.05, 4.69) is 4.72 Å².